The number of nitrogens with two attached hydrogens (primary N) is 1. The fourth-order valence-corrected chi connectivity index (χ4v) is 3.03. The lowest BCUT2D eigenvalue weighted by molar-refractivity contribution is -0.176. The Kier molecular flexibility index (Phi) is 1.92. The first-order chi connectivity index (χ1) is 5.72. The second-order valence-electron chi connectivity index (χ2n) is 4.58. The molecule has 2 aliphatic rings. The lowest BCUT2D eigenvalue weighted by atomic mass is 9.51. The fourth-order valence-electron chi connectivity index (χ4n) is 3.03. The molecule has 2 heteroatoms. The molecule has 1 spiro atoms. The Morgan fingerprint density at radius 3 is 2.08 bits per heavy atom. The third-order valence-corrected chi connectivity index (χ3v) is 4.15. The molecule has 3 N–H and O–H groups in total. The van der Waals surface area contributed by atoms with Gasteiger partial charge in [-0.05, 0) is 25.7 Å². The van der Waals surface area contributed by atoms with Gasteiger partial charge in [-0.1, -0.05) is 19.3 Å². The predicted molar refractivity (Wildman–Crippen MR) is 48.8 cm³/mol. The summed E-state index contributed by atoms with van der Waals surface area (Å²) < 4.78 is 0. The van der Waals surface area contributed by atoms with Gasteiger partial charge >= 0.3 is 0 Å². The van der Waals surface area contributed by atoms with E-state index in [1.165, 1.54) is 38.5 Å². The lowest BCUT2D eigenvalue weighted by Gasteiger charge is -2.58. The van der Waals surface area contributed by atoms with Gasteiger partial charge in [-0.15, -0.1) is 0 Å². The fraction of sp³-hybridized carbons (Fsp3) is 1.00. The normalized spacial score (nSPS) is 39.5. The summed E-state index contributed by atoms with van der Waals surface area (Å²) in [5.41, 5.74) is 5.37. The van der Waals surface area contributed by atoms with Crippen LogP contribution >= 0.6 is 0 Å². The van der Waals surface area contributed by atoms with Crippen molar-refractivity contribution in [3.05, 3.63) is 0 Å². The van der Waals surface area contributed by atoms with Crippen LogP contribution in [0.3, 0.4) is 0 Å². The average molecular weight is 169 g/mol. The van der Waals surface area contributed by atoms with Crippen molar-refractivity contribution >= 4 is 0 Å². The third-order valence-electron chi connectivity index (χ3n) is 4.15. The largest absolute Gasteiger partial charge is 0.388 e. The standard InChI is InChI=1S/C10H19NO/c11-8-10(12)7-6-9(10)4-2-1-3-5-9/h12H,1-8,11H2. The summed E-state index contributed by atoms with van der Waals surface area (Å²) in [5, 5.41) is 10.2. The van der Waals surface area contributed by atoms with Crippen LogP contribution in [0.2, 0.25) is 0 Å². The molecule has 1 atom stereocenters. The number of hydrogen-bond donors (Lipinski definition) is 2. The number of hydrogen-bond acceptors (Lipinski definition) is 2. The van der Waals surface area contributed by atoms with E-state index in [9.17, 15) is 5.11 Å². The molecule has 2 nitrogen and oxygen atoms in total. The molecule has 0 aromatic rings. The summed E-state index contributed by atoms with van der Waals surface area (Å²) in [6.07, 6.45) is 8.50. The molecule has 0 bridgehead atoms. The van der Waals surface area contributed by atoms with Crippen LogP contribution < -0.4 is 5.73 Å². The van der Waals surface area contributed by atoms with E-state index in [1.807, 2.05) is 0 Å². The van der Waals surface area contributed by atoms with Gasteiger partial charge in [-0.2, -0.15) is 0 Å². The van der Waals surface area contributed by atoms with Crippen molar-refractivity contribution in [2.75, 3.05) is 6.54 Å². The molecule has 0 saturated heterocycles. The van der Waals surface area contributed by atoms with Gasteiger partial charge in [0.1, 0.15) is 0 Å². The van der Waals surface area contributed by atoms with E-state index in [0.717, 1.165) is 6.42 Å². The first-order valence-electron chi connectivity index (χ1n) is 5.15. The summed E-state index contributed by atoms with van der Waals surface area (Å²) in [7, 11) is 0. The molecule has 2 fully saturated rings. The Balaban J connectivity index is 2.09. The Morgan fingerprint density at radius 2 is 1.67 bits per heavy atom. The SMILES string of the molecule is NCC1(O)CCC12CCCCC2. The molecule has 70 valence electrons. The second-order valence-corrected chi connectivity index (χ2v) is 4.58. The Morgan fingerprint density at radius 1 is 1.00 bits per heavy atom. The van der Waals surface area contributed by atoms with Crippen molar-refractivity contribution in [3.63, 3.8) is 0 Å². The highest BCUT2D eigenvalue weighted by molar-refractivity contribution is 5.09. The van der Waals surface area contributed by atoms with Gasteiger partial charge in [0.25, 0.3) is 0 Å². The maximum absolute atomic E-state index is 10.2. The van der Waals surface area contributed by atoms with Crippen LogP contribution in [-0.4, -0.2) is 17.3 Å². The average Bonchev–Trinajstić information content (AvgIpc) is 2.16. The molecule has 0 aromatic carbocycles. The van der Waals surface area contributed by atoms with E-state index in [0.29, 0.717) is 6.54 Å². The van der Waals surface area contributed by atoms with Crippen molar-refractivity contribution in [2.24, 2.45) is 11.1 Å². The van der Waals surface area contributed by atoms with Crippen molar-refractivity contribution < 1.29 is 5.11 Å². The molecule has 0 amide bonds. The van der Waals surface area contributed by atoms with Gasteiger partial charge in [0.15, 0.2) is 0 Å². The van der Waals surface area contributed by atoms with E-state index < -0.39 is 5.60 Å². The highest BCUT2D eigenvalue weighted by Crippen LogP contribution is 2.57. The summed E-state index contributed by atoms with van der Waals surface area (Å²) in [4.78, 5) is 0. The van der Waals surface area contributed by atoms with Gasteiger partial charge in [0.2, 0.25) is 0 Å². The van der Waals surface area contributed by atoms with Gasteiger partial charge in [-0.25, -0.2) is 0 Å². The van der Waals surface area contributed by atoms with Gasteiger partial charge in [-0.3, -0.25) is 0 Å². The van der Waals surface area contributed by atoms with Crippen LogP contribution in [0.15, 0.2) is 0 Å². The van der Waals surface area contributed by atoms with E-state index in [2.05, 4.69) is 0 Å². The Hall–Kier alpha value is -0.0800. The molecule has 2 saturated carbocycles. The second kappa shape index (κ2) is 2.71. The molecule has 0 aliphatic heterocycles. The predicted octanol–water partition coefficient (Wildman–Crippen LogP) is 1.42. The zero-order valence-electron chi connectivity index (χ0n) is 7.68. The van der Waals surface area contributed by atoms with Crippen LogP contribution in [0.25, 0.3) is 0 Å². The highest BCUT2D eigenvalue weighted by Gasteiger charge is 2.56. The van der Waals surface area contributed by atoms with Crippen molar-refractivity contribution in [1.29, 1.82) is 0 Å². The summed E-state index contributed by atoms with van der Waals surface area (Å²) in [5.74, 6) is 0. The maximum Gasteiger partial charge on any atom is 0.0825 e. The zero-order valence-corrected chi connectivity index (χ0v) is 7.68. The van der Waals surface area contributed by atoms with Crippen LogP contribution in [0.1, 0.15) is 44.9 Å². The summed E-state index contributed by atoms with van der Waals surface area (Å²) in [6.45, 7) is 0.465. The van der Waals surface area contributed by atoms with Gasteiger partial charge in [0.05, 0.1) is 5.60 Å². The van der Waals surface area contributed by atoms with E-state index in [4.69, 9.17) is 5.73 Å². The molecule has 1 unspecified atom stereocenters. The topological polar surface area (TPSA) is 46.2 Å². The monoisotopic (exact) mass is 169 g/mol. The van der Waals surface area contributed by atoms with Crippen molar-refractivity contribution in [1.82, 2.24) is 0 Å². The van der Waals surface area contributed by atoms with Crippen LogP contribution in [0.5, 0.6) is 0 Å². The first-order valence-corrected chi connectivity index (χ1v) is 5.15. The van der Waals surface area contributed by atoms with Crippen molar-refractivity contribution in [2.45, 2.75) is 50.5 Å². The minimum Gasteiger partial charge on any atom is -0.388 e. The van der Waals surface area contributed by atoms with Crippen molar-refractivity contribution in [3.8, 4) is 0 Å². The zero-order chi connectivity index (χ0) is 8.66. The number of aliphatic hydroxyl groups is 1. The molecular weight excluding hydrogens is 150 g/mol. The molecule has 2 rings (SSSR count). The maximum atomic E-state index is 10.2. The smallest absolute Gasteiger partial charge is 0.0825 e. The van der Waals surface area contributed by atoms with Crippen LogP contribution in [0.4, 0.5) is 0 Å². The lowest BCUT2D eigenvalue weighted by Crippen LogP contribution is -2.61. The molecule has 0 heterocycles. The van der Waals surface area contributed by atoms with Gasteiger partial charge in [0, 0.05) is 12.0 Å². The highest BCUT2D eigenvalue weighted by atomic mass is 16.3. The Bertz CT molecular complexity index is 171. The van der Waals surface area contributed by atoms with E-state index >= 15 is 0 Å². The number of rotatable bonds is 1. The molecule has 0 aromatic heterocycles. The van der Waals surface area contributed by atoms with Gasteiger partial charge < -0.3 is 10.8 Å². The molecule has 0 radical (unpaired) electrons. The van der Waals surface area contributed by atoms with E-state index in [1.54, 1.807) is 0 Å². The van der Waals surface area contributed by atoms with E-state index in [-0.39, 0.29) is 5.41 Å². The van der Waals surface area contributed by atoms with Crippen LogP contribution in [-0.2, 0) is 0 Å². The molecule has 12 heavy (non-hydrogen) atoms. The summed E-state index contributed by atoms with van der Waals surface area (Å²) in [6, 6.07) is 0. The summed E-state index contributed by atoms with van der Waals surface area (Å²) >= 11 is 0. The molecule has 2 aliphatic carbocycles. The minimum absolute atomic E-state index is 0.236. The van der Waals surface area contributed by atoms with Crippen LogP contribution in [0, 0.1) is 5.41 Å². The Labute approximate surface area is 74.1 Å². The third kappa shape index (κ3) is 0.944. The first kappa shape index (κ1) is 8.52. The molecular formula is C10H19NO. The quantitative estimate of drug-likeness (QED) is 0.623. The minimum atomic E-state index is -0.493.